The summed E-state index contributed by atoms with van der Waals surface area (Å²) in [7, 11) is 0. The minimum atomic E-state index is -0.497. The lowest BCUT2D eigenvalue weighted by Crippen LogP contribution is -2.54. The number of likely N-dealkylation sites (N-methyl/N-ethyl adjacent to an activating group) is 1. The summed E-state index contributed by atoms with van der Waals surface area (Å²) in [5.74, 6) is 0.0449. The summed E-state index contributed by atoms with van der Waals surface area (Å²) in [6.07, 6.45) is 3.61. The summed E-state index contributed by atoms with van der Waals surface area (Å²) in [6.45, 7) is 8.05. The molecule has 1 aliphatic heterocycles. The molecule has 0 aromatic rings. The first-order chi connectivity index (χ1) is 7.56. The third-order valence-corrected chi connectivity index (χ3v) is 2.95. The van der Waals surface area contributed by atoms with Crippen LogP contribution < -0.4 is 10.6 Å². The Bertz CT molecular complexity index is 223. The van der Waals surface area contributed by atoms with Gasteiger partial charge in [-0.25, -0.2) is 0 Å². The molecule has 1 aliphatic rings. The number of nitrogens with one attached hydrogen (secondary N) is 2. The number of amides is 1. The molecule has 1 fully saturated rings. The average molecular weight is 228 g/mol. The van der Waals surface area contributed by atoms with Crippen LogP contribution in [-0.2, 0) is 9.53 Å². The van der Waals surface area contributed by atoms with Gasteiger partial charge in [-0.3, -0.25) is 4.79 Å². The predicted molar refractivity (Wildman–Crippen MR) is 64.4 cm³/mol. The summed E-state index contributed by atoms with van der Waals surface area (Å²) in [6, 6.07) is 0. The van der Waals surface area contributed by atoms with Gasteiger partial charge in [-0.1, -0.05) is 6.92 Å². The standard InChI is InChI=1S/C12H24N2O2/c1-4-14-12(2,3)11(15)13-9-10-7-5-6-8-16-10/h10,14H,4-9H2,1-3H3,(H,13,15). The first kappa shape index (κ1) is 13.5. The molecule has 1 amide bonds. The summed E-state index contributed by atoms with van der Waals surface area (Å²) >= 11 is 0. The molecule has 0 saturated carbocycles. The Morgan fingerprint density at radius 2 is 2.19 bits per heavy atom. The second-order valence-electron chi connectivity index (χ2n) is 4.85. The quantitative estimate of drug-likeness (QED) is 0.740. The lowest BCUT2D eigenvalue weighted by atomic mass is 10.0. The van der Waals surface area contributed by atoms with Gasteiger partial charge in [0.05, 0.1) is 11.6 Å². The lowest BCUT2D eigenvalue weighted by Gasteiger charge is -2.27. The van der Waals surface area contributed by atoms with Gasteiger partial charge in [0.15, 0.2) is 0 Å². The van der Waals surface area contributed by atoms with Crippen LogP contribution in [0.1, 0.15) is 40.0 Å². The number of hydrogen-bond acceptors (Lipinski definition) is 3. The molecule has 0 aromatic carbocycles. The van der Waals surface area contributed by atoms with Crippen LogP contribution in [0.4, 0.5) is 0 Å². The maximum atomic E-state index is 11.9. The molecule has 0 bridgehead atoms. The minimum Gasteiger partial charge on any atom is -0.376 e. The molecule has 1 unspecified atom stereocenters. The van der Waals surface area contributed by atoms with Crippen LogP contribution in [-0.4, -0.2) is 37.2 Å². The first-order valence-electron chi connectivity index (χ1n) is 6.21. The van der Waals surface area contributed by atoms with Gasteiger partial charge < -0.3 is 15.4 Å². The summed E-state index contributed by atoms with van der Waals surface area (Å²) in [4.78, 5) is 11.9. The summed E-state index contributed by atoms with van der Waals surface area (Å²) in [5.41, 5.74) is -0.497. The zero-order valence-electron chi connectivity index (χ0n) is 10.6. The van der Waals surface area contributed by atoms with E-state index in [9.17, 15) is 4.79 Å². The highest BCUT2D eigenvalue weighted by molar-refractivity contribution is 5.85. The molecule has 1 atom stereocenters. The molecule has 1 saturated heterocycles. The molecular formula is C12H24N2O2. The molecule has 0 aromatic heterocycles. The number of hydrogen-bond donors (Lipinski definition) is 2. The van der Waals surface area contributed by atoms with Gasteiger partial charge in [-0.05, 0) is 39.7 Å². The van der Waals surface area contributed by atoms with Crippen molar-refractivity contribution in [2.24, 2.45) is 0 Å². The molecule has 2 N–H and O–H groups in total. The summed E-state index contributed by atoms with van der Waals surface area (Å²) in [5, 5.41) is 6.11. The van der Waals surface area contributed by atoms with E-state index < -0.39 is 5.54 Å². The topological polar surface area (TPSA) is 50.4 Å². The van der Waals surface area contributed by atoms with Crippen molar-refractivity contribution in [3.05, 3.63) is 0 Å². The molecule has 1 rings (SSSR count). The fourth-order valence-corrected chi connectivity index (χ4v) is 1.92. The van der Waals surface area contributed by atoms with Gasteiger partial charge in [-0.2, -0.15) is 0 Å². The van der Waals surface area contributed by atoms with Crippen LogP contribution in [0, 0.1) is 0 Å². The molecule has 4 heteroatoms. The maximum Gasteiger partial charge on any atom is 0.239 e. The van der Waals surface area contributed by atoms with E-state index in [1.807, 2.05) is 20.8 Å². The van der Waals surface area contributed by atoms with E-state index in [0.29, 0.717) is 6.54 Å². The van der Waals surface area contributed by atoms with Crippen molar-refractivity contribution >= 4 is 5.91 Å². The van der Waals surface area contributed by atoms with E-state index in [4.69, 9.17) is 4.74 Å². The Kier molecular flexibility index (Phi) is 5.22. The largest absolute Gasteiger partial charge is 0.376 e. The number of carbonyl (C=O) groups is 1. The zero-order valence-corrected chi connectivity index (χ0v) is 10.6. The third kappa shape index (κ3) is 4.10. The van der Waals surface area contributed by atoms with Gasteiger partial charge in [0.1, 0.15) is 0 Å². The Labute approximate surface area is 98.1 Å². The van der Waals surface area contributed by atoms with Crippen molar-refractivity contribution in [2.45, 2.75) is 51.7 Å². The van der Waals surface area contributed by atoms with Gasteiger partial charge in [0.25, 0.3) is 0 Å². The van der Waals surface area contributed by atoms with Crippen molar-refractivity contribution in [2.75, 3.05) is 19.7 Å². The van der Waals surface area contributed by atoms with Crippen LogP contribution in [0.5, 0.6) is 0 Å². The second kappa shape index (κ2) is 6.21. The molecule has 4 nitrogen and oxygen atoms in total. The molecular weight excluding hydrogens is 204 g/mol. The molecule has 94 valence electrons. The second-order valence-corrected chi connectivity index (χ2v) is 4.85. The highest BCUT2D eigenvalue weighted by Crippen LogP contribution is 2.12. The number of ether oxygens (including phenoxy) is 1. The average Bonchev–Trinajstić information content (AvgIpc) is 2.27. The Balaban J connectivity index is 2.28. The highest BCUT2D eigenvalue weighted by atomic mass is 16.5. The fraction of sp³-hybridized carbons (Fsp3) is 0.917. The van der Waals surface area contributed by atoms with Gasteiger partial charge >= 0.3 is 0 Å². The van der Waals surface area contributed by atoms with E-state index in [1.54, 1.807) is 0 Å². The Morgan fingerprint density at radius 3 is 2.75 bits per heavy atom. The van der Waals surface area contributed by atoms with E-state index in [0.717, 1.165) is 26.0 Å². The highest BCUT2D eigenvalue weighted by Gasteiger charge is 2.26. The van der Waals surface area contributed by atoms with Crippen LogP contribution >= 0.6 is 0 Å². The SMILES string of the molecule is CCNC(C)(C)C(=O)NCC1CCCCO1. The van der Waals surface area contributed by atoms with Gasteiger partial charge in [0, 0.05) is 13.2 Å². The molecule has 0 radical (unpaired) electrons. The van der Waals surface area contributed by atoms with E-state index in [2.05, 4.69) is 10.6 Å². The summed E-state index contributed by atoms with van der Waals surface area (Å²) < 4.78 is 5.57. The van der Waals surface area contributed by atoms with Crippen molar-refractivity contribution in [1.29, 1.82) is 0 Å². The van der Waals surface area contributed by atoms with Crippen molar-refractivity contribution in [1.82, 2.24) is 10.6 Å². The number of rotatable bonds is 5. The molecule has 0 aliphatic carbocycles. The van der Waals surface area contributed by atoms with Crippen LogP contribution in [0.3, 0.4) is 0 Å². The van der Waals surface area contributed by atoms with Gasteiger partial charge in [0.2, 0.25) is 5.91 Å². The monoisotopic (exact) mass is 228 g/mol. The van der Waals surface area contributed by atoms with Crippen molar-refractivity contribution < 1.29 is 9.53 Å². The van der Waals surface area contributed by atoms with Crippen molar-refractivity contribution in [3.63, 3.8) is 0 Å². The van der Waals surface area contributed by atoms with E-state index in [1.165, 1.54) is 6.42 Å². The third-order valence-electron chi connectivity index (χ3n) is 2.95. The Hall–Kier alpha value is -0.610. The van der Waals surface area contributed by atoms with Crippen LogP contribution in [0.2, 0.25) is 0 Å². The normalized spacial score (nSPS) is 21.8. The fourth-order valence-electron chi connectivity index (χ4n) is 1.92. The van der Waals surface area contributed by atoms with Crippen LogP contribution in [0.15, 0.2) is 0 Å². The zero-order chi connectivity index (χ0) is 12.0. The smallest absolute Gasteiger partial charge is 0.239 e. The van der Waals surface area contributed by atoms with Gasteiger partial charge in [-0.15, -0.1) is 0 Å². The number of carbonyl (C=O) groups excluding carboxylic acids is 1. The Morgan fingerprint density at radius 1 is 1.44 bits per heavy atom. The molecule has 1 heterocycles. The van der Waals surface area contributed by atoms with Crippen LogP contribution in [0.25, 0.3) is 0 Å². The minimum absolute atomic E-state index is 0.0449. The van der Waals surface area contributed by atoms with E-state index >= 15 is 0 Å². The first-order valence-corrected chi connectivity index (χ1v) is 6.21. The molecule has 16 heavy (non-hydrogen) atoms. The maximum absolute atomic E-state index is 11.9. The molecule has 0 spiro atoms. The predicted octanol–water partition coefficient (Wildman–Crippen LogP) is 1.06. The van der Waals surface area contributed by atoms with E-state index in [-0.39, 0.29) is 12.0 Å². The van der Waals surface area contributed by atoms with Crippen molar-refractivity contribution in [3.8, 4) is 0 Å². The lowest BCUT2D eigenvalue weighted by molar-refractivity contribution is -0.127.